The lowest BCUT2D eigenvalue weighted by atomic mass is 10.0. The van der Waals surface area contributed by atoms with Crippen LogP contribution in [0.5, 0.6) is 0 Å². The Kier molecular flexibility index (Phi) is 6.34. The van der Waals surface area contributed by atoms with Crippen LogP contribution in [-0.2, 0) is 12.8 Å². The number of carbonyl (C=O) groups is 2. The van der Waals surface area contributed by atoms with Crippen molar-refractivity contribution in [3.8, 4) is 0 Å². The SMILES string of the molecule is CCc1cccc(CC)c1Nc1nccc(C(=O)Nc2ccc(C(C)=O)cc2)n1. The van der Waals surface area contributed by atoms with Crippen molar-refractivity contribution in [1.82, 2.24) is 9.97 Å². The van der Waals surface area contributed by atoms with E-state index in [1.54, 1.807) is 36.5 Å². The summed E-state index contributed by atoms with van der Waals surface area (Å²) in [6, 6.07) is 14.5. The third-order valence-electron chi connectivity index (χ3n) is 4.67. The number of benzene rings is 2. The van der Waals surface area contributed by atoms with Gasteiger partial charge in [0.25, 0.3) is 5.91 Å². The second-order valence-electron chi connectivity index (χ2n) is 6.64. The first-order chi connectivity index (χ1) is 14.0. The Labute approximate surface area is 170 Å². The molecular formula is C23H24N4O2. The van der Waals surface area contributed by atoms with Gasteiger partial charge in [-0.05, 0) is 61.2 Å². The van der Waals surface area contributed by atoms with Gasteiger partial charge < -0.3 is 10.6 Å². The molecule has 148 valence electrons. The molecule has 1 heterocycles. The van der Waals surface area contributed by atoms with Crippen molar-refractivity contribution in [1.29, 1.82) is 0 Å². The third-order valence-corrected chi connectivity index (χ3v) is 4.67. The first-order valence-electron chi connectivity index (χ1n) is 9.65. The number of rotatable bonds is 7. The number of aryl methyl sites for hydroxylation is 2. The van der Waals surface area contributed by atoms with Crippen LogP contribution in [0.25, 0.3) is 0 Å². The number of ketones is 1. The topological polar surface area (TPSA) is 84.0 Å². The maximum Gasteiger partial charge on any atom is 0.274 e. The molecule has 2 N–H and O–H groups in total. The predicted octanol–water partition coefficient (Wildman–Crippen LogP) is 4.80. The van der Waals surface area contributed by atoms with E-state index in [0.717, 1.165) is 18.5 Å². The molecule has 2 aromatic carbocycles. The molecule has 29 heavy (non-hydrogen) atoms. The fourth-order valence-electron chi connectivity index (χ4n) is 3.04. The fraction of sp³-hybridized carbons (Fsp3) is 0.217. The Morgan fingerprint density at radius 3 is 2.17 bits per heavy atom. The summed E-state index contributed by atoms with van der Waals surface area (Å²) >= 11 is 0. The monoisotopic (exact) mass is 388 g/mol. The number of para-hydroxylation sites is 1. The Morgan fingerprint density at radius 2 is 1.59 bits per heavy atom. The molecule has 0 bridgehead atoms. The lowest BCUT2D eigenvalue weighted by Gasteiger charge is -2.14. The van der Waals surface area contributed by atoms with Crippen LogP contribution in [-0.4, -0.2) is 21.7 Å². The minimum Gasteiger partial charge on any atom is -0.324 e. The van der Waals surface area contributed by atoms with Crippen LogP contribution >= 0.6 is 0 Å². The molecule has 0 unspecified atom stereocenters. The van der Waals surface area contributed by atoms with Crippen molar-refractivity contribution in [2.75, 3.05) is 10.6 Å². The second kappa shape index (κ2) is 9.10. The number of aromatic nitrogens is 2. The van der Waals surface area contributed by atoms with E-state index >= 15 is 0 Å². The van der Waals surface area contributed by atoms with Crippen LogP contribution < -0.4 is 10.6 Å². The van der Waals surface area contributed by atoms with Gasteiger partial charge in [-0.15, -0.1) is 0 Å². The molecule has 0 atom stereocenters. The lowest BCUT2D eigenvalue weighted by molar-refractivity contribution is 0.101. The molecule has 3 rings (SSSR count). The number of nitrogens with zero attached hydrogens (tertiary/aromatic N) is 2. The van der Waals surface area contributed by atoms with E-state index in [9.17, 15) is 9.59 Å². The summed E-state index contributed by atoms with van der Waals surface area (Å²) in [5, 5.41) is 6.07. The van der Waals surface area contributed by atoms with Gasteiger partial charge in [-0.25, -0.2) is 9.97 Å². The maximum absolute atomic E-state index is 12.6. The molecule has 0 saturated heterocycles. The highest BCUT2D eigenvalue weighted by Gasteiger charge is 2.12. The zero-order chi connectivity index (χ0) is 20.8. The minimum atomic E-state index is -0.342. The molecule has 0 aliphatic rings. The average Bonchev–Trinajstić information content (AvgIpc) is 2.74. The maximum atomic E-state index is 12.6. The number of Topliss-reactive ketones (excluding diaryl/α,β-unsaturated/α-hetero) is 1. The fourth-order valence-corrected chi connectivity index (χ4v) is 3.04. The first kappa shape index (κ1) is 20.2. The molecular weight excluding hydrogens is 364 g/mol. The highest BCUT2D eigenvalue weighted by atomic mass is 16.2. The molecule has 6 heteroatoms. The summed E-state index contributed by atoms with van der Waals surface area (Å²) in [4.78, 5) is 32.6. The zero-order valence-corrected chi connectivity index (χ0v) is 16.8. The quantitative estimate of drug-likeness (QED) is 0.568. The van der Waals surface area contributed by atoms with Gasteiger partial charge in [0, 0.05) is 23.1 Å². The Morgan fingerprint density at radius 1 is 0.931 bits per heavy atom. The molecule has 6 nitrogen and oxygen atoms in total. The predicted molar refractivity (Wildman–Crippen MR) is 115 cm³/mol. The molecule has 0 fully saturated rings. The molecule has 1 amide bonds. The first-order valence-corrected chi connectivity index (χ1v) is 9.65. The summed E-state index contributed by atoms with van der Waals surface area (Å²) in [5.74, 6) is 0.0129. The summed E-state index contributed by atoms with van der Waals surface area (Å²) in [6.45, 7) is 5.70. The number of hydrogen-bond donors (Lipinski definition) is 2. The number of amides is 1. The molecule has 0 aliphatic heterocycles. The molecule has 0 aliphatic carbocycles. The Bertz CT molecular complexity index is 1010. The highest BCUT2D eigenvalue weighted by molar-refractivity contribution is 6.03. The van der Waals surface area contributed by atoms with E-state index in [1.807, 2.05) is 6.07 Å². The molecule has 0 radical (unpaired) electrons. The van der Waals surface area contributed by atoms with Gasteiger partial charge in [0.15, 0.2) is 5.78 Å². The van der Waals surface area contributed by atoms with E-state index in [2.05, 4.69) is 46.6 Å². The third kappa shape index (κ3) is 4.85. The van der Waals surface area contributed by atoms with E-state index in [1.165, 1.54) is 18.1 Å². The van der Waals surface area contributed by atoms with Crippen molar-refractivity contribution in [2.24, 2.45) is 0 Å². The summed E-state index contributed by atoms with van der Waals surface area (Å²) < 4.78 is 0. The van der Waals surface area contributed by atoms with Gasteiger partial charge in [0.05, 0.1) is 0 Å². The summed E-state index contributed by atoms with van der Waals surface area (Å²) in [6.07, 6.45) is 3.32. The highest BCUT2D eigenvalue weighted by Crippen LogP contribution is 2.25. The van der Waals surface area contributed by atoms with Crippen molar-refractivity contribution in [3.05, 3.63) is 77.1 Å². The second-order valence-corrected chi connectivity index (χ2v) is 6.64. The van der Waals surface area contributed by atoms with Crippen LogP contribution in [0.3, 0.4) is 0 Å². The zero-order valence-electron chi connectivity index (χ0n) is 16.8. The number of anilines is 3. The van der Waals surface area contributed by atoms with E-state index < -0.39 is 0 Å². The van der Waals surface area contributed by atoms with Gasteiger partial charge >= 0.3 is 0 Å². The summed E-state index contributed by atoms with van der Waals surface area (Å²) in [7, 11) is 0. The van der Waals surface area contributed by atoms with E-state index in [-0.39, 0.29) is 17.4 Å². The molecule has 1 aromatic heterocycles. The number of nitrogens with one attached hydrogen (secondary N) is 2. The smallest absolute Gasteiger partial charge is 0.274 e. The van der Waals surface area contributed by atoms with Crippen LogP contribution in [0.1, 0.15) is 52.7 Å². The molecule has 3 aromatic rings. The molecule has 0 spiro atoms. The van der Waals surface area contributed by atoms with Crippen molar-refractivity contribution in [2.45, 2.75) is 33.6 Å². The largest absolute Gasteiger partial charge is 0.324 e. The van der Waals surface area contributed by atoms with Gasteiger partial charge in [-0.3, -0.25) is 9.59 Å². The van der Waals surface area contributed by atoms with Gasteiger partial charge in [-0.1, -0.05) is 32.0 Å². The van der Waals surface area contributed by atoms with Gasteiger partial charge in [0.1, 0.15) is 5.69 Å². The van der Waals surface area contributed by atoms with Crippen LogP contribution in [0, 0.1) is 0 Å². The van der Waals surface area contributed by atoms with Crippen LogP contribution in [0.2, 0.25) is 0 Å². The Hall–Kier alpha value is -3.54. The van der Waals surface area contributed by atoms with E-state index in [0.29, 0.717) is 17.2 Å². The normalized spacial score (nSPS) is 10.4. The number of carbonyl (C=O) groups excluding carboxylic acids is 2. The summed E-state index contributed by atoms with van der Waals surface area (Å²) in [5.41, 5.74) is 4.79. The van der Waals surface area contributed by atoms with Crippen molar-refractivity contribution >= 4 is 29.0 Å². The van der Waals surface area contributed by atoms with Gasteiger partial charge in [-0.2, -0.15) is 0 Å². The van der Waals surface area contributed by atoms with Gasteiger partial charge in [0.2, 0.25) is 5.95 Å². The minimum absolute atomic E-state index is 0.0202. The van der Waals surface area contributed by atoms with Crippen molar-refractivity contribution in [3.63, 3.8) is 0 Å². The molecule has 0 saturated carbocycles. The number of hydrogen-bond acceptors (Lipinski definition) is 5. The van der Waals surface area contributed by atoms with Crippen molar-refractivity contribution < 1.29 is 9.59 Å². The van der Waals surface area contributed by atoms with Crippen LogP contribution in [0.4, 0.5) is 17.3 Å². The standard InChI is InChI=1S/C23H24N4O2/c1-4-16-7-6-8-17(5-2)21(16)27-23-24-14-13-20(26-23)22(29)25-19-11-9-18(10-12-19)15(3)28/h6-14H,4-5H2,1-3H3,(H,25,29)(H,24,26,27). The van der Waals surface area contributed by atoms with Crippen LogP contribution in [0.15, 0.2) is 54.7 Å². The average molecular weight is 388 g/mol. The lowest BCUT2D eigenvalue weighted by Crippen LogP contribution is -2.15. The Balaban J connectivity index is 1.79. The van der Waals surface area contributed by atoms with E-state index in [4.69, 9.17) is 0 Å².